The molecule has 1 atom stereocenters. The zero-order valence-electron chi connectivity index (χ0n) is 14.8. The van der Waals surface area contributed by atoms with Crippen LogP contribution in [0.5, 0.6) is 5.75 Å². The molecule has 6 heteroatoms. The SMILES string of the molecule is CCCC(=O)Nc1ccc(OCC(O)C[As]C(C)C)c(C(C)=O)c1. The van der Waals surface area contributed by atoms with Crippen LogP contribution < -0.4 is 10.1 Å². The Bertz CT molecular complexity index is 560. The predicted molar refractivity (Wildman–Crippen MR) is 97.1 cm³/mol. The molecule has 133 valence electrons. The van der Waals surface area contributed by atoms with Crippen molar-refractivity contribution in [2.45, 2.75) is 56.6 Å². The van der Waals surface area contributed by atoms with E-state index in [2.05, 4.69) is 19.2 Å². The van der Waals surface area contributed by atoms with Crippen molar-refractivity contribution < 1.29 is 19.4 Å². The maximum absolute atomic E-state index is 11.8. The molecule has 1 radical (unpaired) electrons. The number of ketones is 1. The molecular weight excluding hydrogens is 369 g/mol. The molecule has 1 amide bonds. The first-order valence-electron chi connectivity index (χ1n) is 8.25. The Kier molecular flexibility index (Phi) is 9.09. The van der Waals surface area contributed by atoms with Crippen LogP contribution in [0, 0.1) is 0 Å². The van der Waals surface area contributed by atoms with Crippen LogP contribution in [0.4, 0.5) is 5.69 Å². The number of aliphatic hydroxyl groups is 1. The van der Waals surface area contributed by atoms with Gasteiger partial charge >= 0.3 is 144 Å². The number of carbonyl (C=O) groups excluding carboxylic acids is 2. The van der Waals surface area contributed by atoms with Crippen LogP contribution in [0.15, 0.2) is 18.2 Å². The summed E-state index contributed by atoms with van der Waals surface area (Å²) in [6, 6.07) is 5.00. The molecule has 0 fully saturated rings. The van der Waals surface area contributed by atoms with Crippen molar-refractivity contribution in [3.63, 3.8) is 0 Å². The van der Waals surface area contributed by atoms with Crippen molar-refractivity contribution in [1.29, 1.82) is 0 Å². The third-order valence-electron chi connectivity index (χ3n) is 3.23. The maximum atomic E-state index is 11.8. The van der Waals surface area contributed by atoms with Gasteiger partial charge in [-0.1, -0.05) is 6.92 Å². The molecule has 0 aliphatic rings. The van der Waals surface area contributed by atoms with Crippen molar-refractivity contribution in [3.05, 3.63) is 23.8 Å². The first-order valence-corrected chi connectivity index (χ1v) is 10.7. The number of amides is 1. The van der Waals surface area contributed by atoms with Gasteiger partial charge in [0.2, 0.25) is 0 Å². The van der Waals surface area contributed by atoms with Crippen LogP contribution in [-0.4, -0.2) is 45.3 Å². The van der Waals surface area contributed by atoms with E-state index >= 15 is 0 Å². The Balaban J connectivity index is 2.73. The molecule has 24 heavy (non-hydrogen) atoms. The van der Waals surface area contributed by atoms with E-state index in [4.69, 9.17) is 4.74 Å². The number of aliphatic hydroxyl groups excluding tert-OH is 1. The van der Waals surface area contributed by atoms with E-state index < -0.39 is 6.10 Å². The number of hydrogen-bond acceptors (Lipinski definition) is 4. The molecule has 0 spiro atoms. The van der Waals surface area contributed by atoms with Gasteiger partial charge in [-0.3, -0.25) is 0 Å². The Morgan fingerprint density at radius 3 is 2.62 bits per heavy atom. The summed E-state index contributed by atoms with van der Waals surface area (Å²) < 4.78 is 6.25. The molecule has 0 heterocycles. The summed E-state index contributed by atoms with van der Waals surface area (Å²) in [6.45, 7) is 7.86. The third kappa shape index (κ3) is 7.50. The van der Waals surface area contributed by atoms with E-state index in [1.807, 2.05) is 6.92 Å². The number of nitrogens with one attached hydrogen (secondary N) is 1. The molecule has 1 rings (SSSR count). The van der Waals surface area contributed by atoms with Crippen molar-refractivity contribution in [2.24, 2.45) is 0 Å². The second kappa shape index (κ2) is 10.5. The first kappa shape index (κ1) is 20.7. The molecule has 5 nitrogen and oxygen atoms in total. The molecule has 1 unspecified atom stereocenters. The number of Topliss-reactive ketones (excluding diaryl/α,β-unsaturated/α-hetero) is 1. The Morgan fingerprint density at radius 1 is 1.33 bits per heavy atom. The van der Waals surface area contributed by atoms with Crippen LogP contribution >= 0.6 is 0 Å². The van der Waals surface area contributed by atoms with Gasteiger partial charge in [0.1, 0.15) is 0 Å². The Labute approximate surface area is 150 Å². The molecular formula is C18H27AsNO4. The normalized spacial score (nSPS) is 12.6. The molecule has 1 aromatic rings. The fourth-order valence-corrected chi connectivity index (χ4v) is 3.65. The van der Waals surface area contributed by atoms with Gasteiger partial charge in [0.05, 0.1) is 0 Å². The summed E-state index contributed by atoms with van der Waals surface area (Å²) in [5, 5.41) is 13.5. The van der Waals surface area contributed by atoms with Gasteiger partial charge < -0.3 is 0 Å². The van der Waals surface area contributed by atoms with E-state index in [1.54, 1.807) is 18.2 Å². The fourth-order valence-electron chi connectivity index (χ4n) is 2.03. The van der Waals surface area contributed by atoms with Crippen LogP contribution in [-0.2, 0) is 4.79 Å². The Hall–Kier alpha value is -1.32. The molecule has 0 aliphatic heterocycles. The minimum atomic E-state index is -0.517. The van der Waals surface area contributed by atoms with Gasteiger partial charge in [-0.25, -0.2) is 0 Å². The number of rotatable bonds is 10. The zero-order chi connectivity index (χ0) is 18.1. The predicted octanol–water partition coefficient (Wildman–Crippen LogP) is 3.32. The average molecular weight is 396 g/mol. The van der Waals surface area contributed by atoms with Crippen molar-refractivity contribution in [1.82, 2.24) is 0 Å². The summed E-state index contributed by atoms with van der Waals surface area (Å²) in [6.07, 6.45) is 0.692. The van der Waals surface area contributed by atoms with Crippen molar-refractivity contribution >= 4 is 33.1 Å². The van der Waals surface area contributed by atoms with Gasteiger partial charge in [0.25, 0.3) is 0 Å². The average Bonchev–Trinajstić information content (AvgIpc) is 2.51. The number of benzene rings is 1. The van der Waals surface area contributed by atoms with Crippen molar-refractivity contribution in [3.8, 4) is 5.75 Å². The number of anilines is 1. The van der Waals surface area contributed by atoms with Crippen molar-refractivity contribution in [2.75, 3.05) is 11.9 Å². The molecule has 2 N–H and O–H groups in total. The zero-order valence-corrected chi connectivity index (χ0v) is 16.7. The standard InChI is InChI=1S/C18H27AsNO4/c1-5-6-18(23)20-14-7-8-17(16(9-14)13(4)21)24-11-15(22)10-19-12(2)3/h7-9,12,15,22H,5-6,10-11H2,1-4H3,(H,20,23). The van der Waals surface area contributed by atoms with Gasteiger partial charge in [-0.15, -0.1) is 0 Å². The molecule has 0 bridgehead atoms. The van der Waals surface area contributed by atoms with Gasteiger partial charge in [-0.2, -0.15) is 0 Å². The summed E-state index contributed by atoms with van der Waals surface area (Å²) in [4.78, 5) is 23.5. The van der Waals surface area contributed by atoms with Crippen LogP contribution in [0.2, 0.25) is 9.91 Å². The van der Waals surface area contributed by atoms with Gasteiger partial charge in [0.15, 0.2) is 0 Å². The van der Waals surface area contributed by atoms with Crippen LogP contribution in [0.1, 0.15) is 50.9 Å². The van der Waals surface area contributed by atoms with Crippen LogP contribution in [0.25, 0.3) is 0 Å². The van der Waals surface area contributed by atoms with Crippen LogP contribution in [0.3, 0.4) is 0 Å². The fraction of sp³-hybridized carbons (Fsp3) is 0.556. The number of hydrogen-bond donors (Lipinski definition) is 2. The summed E-state index contributed by atoms with van der Waals surface area (Å²) in [5.74, 6) is 0.226. The molecule has 1 aromatic carbocycles. The summed E-state index contributed by atoms with van der Waals surface area (Å²) in [5.41, 5.74) is 0.991. The molecule has 0 saturated carbocycles. The second-order valence-corrected chi connectivity index (χ2v) is 9.69. The topological polar surface area (TPSA) is 75.6 Å². The number of carbonyl (C=O) groups is 2. The minimum absolute atomic E-state index is 0.0758. The monoisotopic (exact) mass is 396 g/mol. The van der Waals surface area contributed by atoms with Gasteiger partial charge in [0, 0.05) is 0 Å². The van der Waals surface area contributed by atoms with E-state index in [1.165, 1.54) is 6.92 Å². The van der Waals surface area contributed by atoms with E-state index in [0.717, 1.165) is 11.6 Å². The quantitative estimate of drug-likeness (QED) is 0.470. The van der Waals surface area contributed by atoms with E-state index in [-0.39, 0.29) is 34.0 Å². The summed E-state index contributed by atoms with van der Waals surface area (Å²) in [7, 11) is 0. The van der Waals surface area contributed by atoms with E-state index in [9.17, 15) is 14.7 Å². The Morgan fingerprint density at radius 2 is 2.04 bits per heavy atom. The summed E-state index contributed by atoms with van der Waals surface area (Å²) >= 11 is 0.100. The number of ether oxygens (including phenoxy) is 1. The van der Waals surface area contributed by atoms with Gasteiger partial charge in [-0.05, 0) is 0 Å². The second-order valence-electron chi connectivity index (χ2n) is 5.99. The molecule has 0 saturated heterocycles. The first-order chi connectivity index (χ1) is 11.3. The van der Waals surface area contributed by atoms with E-state index in [0.29, 0.717) is 28.1 Å². The third-order valence-corrected chi connectivity index (χ3v) is 6.09. The molecule has 0 aromatic heterocycles. The molecule has 0 aliphatic carbocycles.